The summed E-state index contributed by atoms with van der Waals surface area (Å²) in [7, 11) is 0. The lowest BCUT2D eigenvalue weighted by molar-refractivity contribution is 0.357. The Hall–Kier alpha value is -1.56. The van der Waals surface area contributed by atoms with Crippen molar-refractivity contribution in [1.82, 2.24) is 0 Å². The topological polar surface area (TPSA) is 0 Å². The van der Waals surface area contributed by atoms with Gasteiger partial charge in [-0.1, -0.05) is 81.4 Å². The van der Waals surface area contributed by atoms with E-state index in [1.165, 1.54) is 17.5 Å². The first-order valence-electron chi connectivity index (χ1n) is 6.66. The van der Waals surface area contributed by atoms with Crippen LogP contribution in [-0.4, -0.2) is 0 Å². The Labute approximate surface area is 111 Å². The summed E-state index contributed by atoms with van der Waals surface area (Å²) in [6.45, 7) is 6.93. The molecule has 0 saturated carbocycles. The standard InChI is InChI=1S/C18H22/c1-18(2,3)14-17(15-10-6-4-7-11-15)16-12-8-5-9-13-16/h4-13,17H,14H2,1-3H3. The van der Waals surface area contributed by atoms with Gasteiger partial charge in [-0.25, -0.2) is 0 Å². The van der Waals surface area contributed by atoms with Gasteiger partial charge in [0.2, 0.25) is 0 Å². The van der Waals surface area contributed by atoms with Crippen molar-refractivity contribution in [2.45, 2.75) is 33.1 Å². The highest BCUT2D eigenvalue weighted by Crippen LogP contribution is 2.35. The van der Waals surface area contributed by atoms with Gasteiger partial charge in [0, 0.05) is 5.92 Å². The van der Waals surface area contributed by atoms with Crippen LogP contribution in [0, 0.1) is 5.41 Å². The van der Waals surface area contributed by atoms with Crippen LogP contribution in [0.3, 0.4) is 0 Å². The minimum atomic E-state index is 0.330. The Kier molecular flexibility index (Phi) is 3.86. The average molecular weight is 238 g/mol. The maximum absolute atomic E-state index is 2.31. The van der Waals surface area contributed by atoms with Crippen molar-refractivity contribution in [2.75, 3.05) is 0 Å². The van der Waals surface area contributed by atoms with Crippen LogP contribution < -0.4 is 0 Å². The van der Waals surface area contributed by atoms with Crippen molar-refractivity contribution >= 4 is 0 Å². The van der Waals surface area contributed by atoms with E-state index >= 15 is 0 Å². The molecule has 0 aliphatic carbocycles. The van der Waals surface area contributed by atoms with Crippen LogP contribution in [0.1, 0.15) is 44.2 Å². The molecule has 0 bridgehead atoms. The molecule has 0 aliphatic heterocycles. The molecular formula is C18H22. The fourth-order valence-corrected chi connectivity index (χ4v) is 2.41. The Morgan fingerprint density at radius 1 is 0.722 bits per heavy atom. The number of rotatable bonds is 3. The van der Waals surface area contributed by atoms with Gasteiger partial charge >= 0.3 is 0 Å². The molecule has 0 aromatic heterocycles. The largest absolute Gasteiger partial charge is 0.0622 e. The summed E-state index contributed by atoms with van der Waals surface area (Å²) < 4.78 is 0. The third-order valence-electron chi connectivity index (χ3n) is 3.22. The van der Waals surface area contributed by atoms with E-state index in [4.69, 9.17) is 0 Å². The Balaban J connectivity index is 2.36. The second kappa shape index (κ2) is 5.39. The number of benzene rings is 2. The molecule has 0 N–H and O–H groups in total. The van der Waals surface area contributed by atoms with E-state index in [-0.39, 0.29) is 0 Å². The first kappa shape index (κ1) is 12.9. The maximum Gasteiger partial charge on any atom is 0.00943 e. The van der Waals surface area contributed by atoms with Crippen molar-refractivity contribution in [2.24, 2.45) is 5.41 Å². The lowest BCUT2D eigenvalue weighted by atomic mass is 9.78. The smallest absolute Gasteiger partial charge is 0.00943 e. The van der Waals surface area contributed by atoms with Gasteiger partial charge in [-0.2, -0.15) is 0 Å². The van der Waals surface area contributed by atoms with Crippen molar-refractivity contribution in [1.29, 1.82) is 0 Å². The zero-order chi connectivity index (χ0) is 13.0. The predicted octanol–water partition coefficient (Wildman–Crippen LogP) is 5.25. The quantitative estimate of drug-likeness (QED) is 0.684. The van der Waals surface area contributed by atoms with E-state index in [1.54, 1.807) is 0 Å². The van der Waals surface area contributed by atoms with Gasteiger partial charge in [0.1, 0.15) is 0 Å². The highest BCUT2D eigenvalue weighted by molar-refractivity contribution is 5.32. The van der Waals surface area contributed by atoms with Crippen molar-refractivity contribution < 1.29 is 0 Å². The summed E-state index contributed by atoms with van der Waals surface area (Å²) in [5, 5.41) is 0. The fourth-order valence-electron chi connectivity index (χ4n) is 2.41. The highest BCUT2D eigenvalue weighted by atomic mass is 14.3. The third kappa shape index (κ3) is 3.46. The summed E-state index contributed by atoms with van der Waals surface area (Å²) in [6, 6.07) is 21.7. The molecule has 0 heterocycles. The molecule has 2 aromatic carbocycles. The summed E-state index contributed by atoms with van der Waals surface area (Å²) in [4.78, 5) is 0. The van der Waals surface area contributed by atoms with Crippen LogP contribution in [0.4, 0.5) is 0 Å². The molecule has 0 heteroatoms. The van der Waals surface area contributed by atoms with Gasteiger partial charge in [-0.15, -0.1) is 0 Å². The minimum absolute atomic E-state index is 0.330. The van der Waals surface area contributed by atoms with E-state index < -0.39 is 0 Å². The lowest BCUT2D eigenvalue weighted by Crippen LogP contribution is -2.13. The zero-order valence-electron chi connectivity index (χ0n) is 11.6. The second-order valence-electron chi connectivity index (χ2n) is 6.14. The molecular weight excluding hydrogens is 216 g/mol. The van der Waals surface area contributed by atoms with Gasteiger partial charge in [0.15, 0.2) is 0 Å². The first-order chi connectivity index (χ1) is 8.56. The Bertz CT molecular complexity index is 423. The van der Waals surface area contributed by atoms with E-state index in [0.29, 0.717) is 11.3 Å². The summed E-state index contributed by atoms with van der Waals surface area (Å²) in [5.41, 5.74) is 3.16. The molecule has 0 saturated heterocycles. The van der Waals surface area contributed by atoms with Crippen molar-refractivity contribution in [3.63, 3.8) is 0 Å². The van der Waals surface area contributed by atoms with E-state index in [9.17, 15) is 0 Å². The molecule has 0 amide bonds. The van der Waals surface area contributed by atoms with Crippen LogP contribution in [-0.2, 0) is 0 Å². The SMILES string of the molecule is CC(C)(C)CC(c1ccccc1)c1ccccc1. The Morgan fingerprint density at radius 3 is 1.44 bits per heavy atom. The fraction of sp³-hybridized carbons (Fsp3) is 0.333. The van der Waals surface area contributed by atoms with E-state index in [2.05, 4.69) is 81.4 Å². The van der Waals surface area contributed by atoms with Crippen LogP contribution in [0.25, 0.3) is 0 Å². The molecule has 2 rings (SSSR count). The lowest BCUT2D eigenvalue weighted by Gasteiger charge is -2.27. The minimum Gasteiger partial charge on any atom is -0.0622 e. The summed E-state index contributed by atoms with van der Waals surface area (Å²) in [6.07, 6.45) is 1.17. The van der Waals surface area contributed by atoms with Gasteiger partial charge < -0.3 is 0 Å². The molecule has 0 aliphatic rings. The first-order valence-corrected chi connectivity index (χ1v) is 6.66. The number of hydrogen-bond acceptors (Lipinski definition) is 0. The number of hydrogen-bond donors (Lipinski definition) is 0. The Morgan fingerprint density at radius 2 is 1.11 bits per heavy atom. The van der Waals surface area contributed by atoms with E-state index in [0.717, 1.165) is 0 Å². The van der Waals surface area contributed by atoms with Gasteiger partial charge in [-0.05, 0) is 23.0 Å². The second-order valence-corrected chi connectivity index (χ2v) is 6.14. The van der Waals surface area contributed by atoms with E-state index in [1.807, 2.05) is 0 Å². The zero-order valence-corrected chi connectivity index (χ0v) is 11.6. The summed E-state index contributed by atoms with van der Waals surface area (Å²) >= 11 is 0. The molecule has 0 spiro atoms. The molecule has 2 aromatic rings. The molecule has 94 valence electrons. The maximum atomic E-state index is 2.31. The molecule has 0 atom stereocenters. The normalized spacial score (nSPS) is 11.8. The molecule has 0 unspecified atom stereocenters. The van der Waals surface area contributed by atoms with Gasteiger partial charge in [0.25, 0.3) is 0 Å². The van der Waals surface area contributed by atoms with Crippen LogP contribution in [0.5, 0.6) is 0 Å². The van der Waals surface area contributed by atoms with Gasteiger partial charge in [0.05, 0.1) is 0 Å². The van der Waals surface area contributed by atoms with Crippen LogP contribution >= 0.6 is 0 Å². The molecule has 0 radical (unpaired) electrons. The van der Waals surface area contributed by atoms with Crippen molar-refractivity contribution in [3.05, 3.63) is 71.8 Å². The summed E-state index contributed by atoms with van der Waals surface area (Å²) in [5.74, 6) is 0.493. The molecule has 0 nitrogen and oxygen atoms in total. The monoisotopic (exact) mass is 238 g/mol. The predicted molar refractivity (Wildman–Crippen MR) is 78.8 cm³/mol. The van der Waals surface area contributed by atoms with Crippen LogP contribution in [0.15, 0.2) is 60.7 Å². The highest BCUT2D eigenvalue weighted by Gasteiger charge is 2.21. The van der Waals surface area contributed by atoms with Gasteiger partial charge in [-0.3, -0.25) is 0 Å². The average Bonchev–Trinajstić information content (AvgIpc) is 2.37. The molecule has 0 fully saturated rings. The van der Waals surface area contributed by atoms with Crippen molar-refractivity contribution in [3.8, 4) is 0 Å². The van der Waals surface area contributed by atoms with Crippen LogP contribution in [0.2, 0.25) is 0 Å². The third-order valence-corrected chi connectivity index (χ3v) is 3.22. The molecule has 18 heavy (non-hydrogen) atoms.